The van der Waals surface area contributed by atoms with Gasteiger partial charge in [0, 0.05) is 8.22 Å². The van der Waals surface area contributed by atoms with Gasteiger partial charge >= 0.3 is 0 Å². The van der Waals surface area contributed by atoms with Gasteiger partial charge in [-0.15, -0.1) is 0 Å². The van der Waals surface area contributed by atoms with Crippen LogP contribution >= 0.6 is 0 Å². The average Bonchev–Trinajstić information content (AvgIpc) is 2.94. The van der Waals surface area contributed by atoms with Crippen molar-refractivity contribution in [2.75, 3.05) is 0 Å². The molecular formula is C40H56. The van der Waals surface area contributed by atoms with Crippen LogP contribution in [0.1, 0.15) is 119 Å². The Morgan fingerprint density at radius 2 is 1.02 bits per heavy atom. The molecule has 2 rings (SSSR count). The number of hydrogen-bond acceptors (Lipinski definition) is 0. The summed E-state index contributed by atoms with van der Waals surface area (Å²) in [7, 11) is 0. The maximum atomic E-state index is 8.51. The summed E-state index contributed by atoms with van der Waals surface area (Å²) in [6.45, 7) is 11.9. The van der Waals surface area contributed by atoms with E-state index < -0.39 is 13.7 Å². The lowest BCUT2D eigenvalue weighted by molar-refractivity contribution is 0.376. The zero-order valence-electron chi connectivity index (χ0n) is 34.2. The Bertz CT molecular complexity index is 1400. The third-order valence-corrected chi connectivity index (χ3v) is 7.92. The van der Waals surface area contributed by atoms with Crippen molar-refractivity contribution in [3.63, 3.8) is 0 Å². The second-order valence-corrected chi connectivity index (χ2v) is 12.5. The molecule has 0 aromatic carbocycles. The lowest BCUT2D eigenvalue weighted by Crippen LogP contribution is -2.19. The minimum absolute atomic E-state index is 0.0130. The Balaban J connectivity index is 2.21. The standard InChI is InChI=1S/C40H56/c1-31(19-13-21-33(3)25-27-37-35(5)23-15-29-39(37,7)8)17-11-12-18-32(2)20-14-22-34(4)26-28-38-36(6)24-16-30-40(38,9)10/h11-14,17-22,25-28H,15-16,23-24,29-30H2,1-10H3/i3D3,4D3,21D,22D. The van der Waals surface area contributed by atoms with Gasteiger partial charge in [0.15, 0.2) is 0 Å². The first kappa shape index (κ1) is 22.8. The predicted octanol–water partition coefficient (Wildman–Crippen LogP) is 12.6. The van der Waals surface area contributed by atoms with Gasteiger partial charge in [0.05, 0.1) is 2.74 Å². The molecule has 0 radical (unpaired) electrons. The van der Waals surface area contributed by atoms with E-state index >= 15 is 0 Å². The highest BCUT2D eigenvalue weighted by Crippen LogP contribution is 2.41. The summed E-state index contributed by atoms with van der Waals surface area (Å²) in [6.07, 6.45) is 27.2. The summed E-state index contributed by atoms with van der Waals surface area (Å²) in [5.74, 6) is 0. The minimum Gasteiger partial charge on any atom is -0.0696 e. The molecule has 0 atom stereocenters. The fraction of sp³-hybridized carbons (Fsp3) is 0.450. The van der Waals surface area contributed by atoms with Crippen LogP contribution in [-0.4, -0.2) is 0 Å². The zero-order valence-corrected chi connectivity index (χ0v) is 26.2. The summed E-state index contributed by atoms with van der Waals surface area (Å²) in [5, 5.41) is 0. The van der Waals surface area contributed by atoms with E-state index in [0.29, 0.717) is 0 Å². The maximum absolute atomic E-state index is 8.51. The van der Waals surface area contributed by atoms with Crippen LogP contribution in [-0.2, 0) is 0 Å². The molecule has 40 heavy (non-hydrogen) atoms. The molecule has 0 saturated heterocycles. The van der Waals surface area contributed by atoms with Gasteiger partial charge in [-0.2, -0.15) is 0 Å². The summed E-state index contributed by atoms with van der Waals surface area (Å²) >= 11 is 0. The van der Waals surface area contributed by atoms with Gasteiger partial charge in [-0.25, -0.2) is 0 Å². The van der Waals surface area contributed by atoms with Crippen molar-refractivity contribution < 1.29 is 11.0 Å². The molecule has 0 N–H and O–H groups in total. The van der Waals surface area contributed by atoms with E-state index in [0.717, 1.165) is 60.8 Å². The van der Waals surface area contributed by atoms with E-state index in [9.17, 15) is 0 Å². The van der Waals surface area contributed by atoms with Gasteiger partial charge in [-0.1, -0.05) is 146 Å². The summed E-state index contributed by atoms with van der Waals surface area (Å²) < 4.78 is 65.1. The van der Waals surface area contributed by atoms with Crippen molar-refractivity contribution in [1.29, 1.82) is 0 Å². The van der Waals surface area contributed by atoms with E-state index in [2.05, 4.69) is 41.5 Å². The van der Waals surface area contributed by atoms with Crippen LogP contribution in [0.15, 0.2) is 130 Å². The monoisotopic (exact) mass is 544 g/mol. The molecular weight excluding hydrogens is 480 g/mol. The predicted molar refractivity (Wildman–Crippen MR) is 181 cm³/mol. The topological polar surface area (TPSA) is 0 Å². The van der Waals surface area contributed by atoms with Crippen LogP contribution in [0, 0.1) is 10.8 Å². The number of allylic oxidation sites excluding steroid dienone is 22. The molecule has 0 unspecified atom stereocenters. The van der Waals surface area contributed by atoms with Crippen LogP contribution < -0.4 is 0 Å². The molecule has 0 nitrogen and oxygen atoms in total. The molecule has 0 heteroatoms. The van der Waals surface area contributed by atoms with E-state index in [1.54, 1.807) is 24.3 Å². The van der Waals surface area contributed by atoms with Crippen molar-refractivity contribution in [1.82, 2.24) is 0 Å². The van der Waals surface area contributed by atoms with Gasteiger partial charge in [0.25, 0.3) is 0 Å². The molecule has 0 aliphatic heterocycles. The molecule has 0 saturated carbocycles. The molecule has 0 aromatic heterocycles. The van der Waals surface area contributed by atoms with Gasteiger partial charge < -0.3 is 0 Å². The summed E-state index contributed by atoms with van der Waals surface area (Å²) in [4.78, 5) is 0. The number of hydrogen-bond donors (Lipinski definition) is 0. The highest BCUT2D eigenvalue weighted by Gasteiger charge is 2.27. The molecule has 0 heterocycles. The van der Waals surface area contributed by atoms with Crippen molar-refractivity contribution in [3.05, 3.63) is 130 Å². The lowest BCUT2D eigenvalue weighted by Gasteiger charge is -2.33. The van der Waals surface area contributed by atoms with Gasteiger partial charge in [-0.05, 0) is 102 Å². The Labute approximate surface area is 259 Å². The normalized spacial score (nSPS) is 26.0. The van der Waals surface area contributed by atoms with Crippen molar-refractivity contribution in [3.8, 4) is 0 Å². The first-order chi connectivity index (χ1) is 22.1. The maximum Gasteiger partial charge on any atom is 0.0625 e. The fourth-order valence-corrected chi connectivity index (χ4v) is 5.50. The van der Waals surface area contributed by atoms with Crippen LogP contribution in [0.25, 0.3) is 0 Å². The molecule has 0 bridgehead atoms. The molecule has 216 valence electrons. The Morgan fingerprint density at radius 3 is 1.38 bits per heavy atom. The van der Waals surface area contributed by atoms with E-state index in [4.69, 9.17) is 11.0 Å². The van der Waals surface area contributed by atoms with Crippen molar-refractivity contribution in [2.24, 2.45) is 10.8 Å². The van der Waals surface area contributed by atoms with Crippen molar-refractivity contribution >= 4 is 0 Å². The van der Waals surface area contributed by atoms with Gasteiger partial charge in [0.2, 0.25) is 0 Å². The van der Waals surface area contributed by atoms with Crippen LogP contribution in [0.4, 0.5) is 0 Å². The largest absolute Gasteiger partial charge is 0.0696 e. The SMILES string of the molecule is [2H]C(C=CC(C)=CC=CC=C(C)C=CC([2H])=C(C=CC1=C(C)CCCC1(C)C)C([2H])([2H])[2H])=C(C=CC1=C(C)CCCC1(C)C)C([2H])([2H])[2H]. The average molecular weight is 545 g/mol. The second-order valence-electron chi connectivity index (χ2n) is 12.5. The Morgan fingerprint density at radius 1 is 0.625 bits per heavy atom. The Kier molecular flexibility index (Phi) is 9.00. The molecule has 0 amide bonds. The lowest BCUT2D eigenvalue weighted by atomic mass is 9.72. The van der Waals surface area contributed by atoms with E-state index in [1.165, 1.54) is 23.3 Å². The molecule has 0 aromatic rings. The second kappa shape index (κ2) is 15.8. The first-order valence-electron chi connectivity index (χ1n) is 18.6. The quantitative estimate of drug-likeness (QED) is 0.240. The third kappa shape index (κ3) is 11.3. The summed E-state index contributed by atoms with van der Waals surface area (Å²) in [6, 6.07) is -0.0916. The summed E-state index contributed by atoms with van der Waals surface area (Å²) in [5.41, 5.74) is 6.53. The van der Waals surface area contributed by atoms with Gasteiger partial charge in [0.1, 0.15) is 0 Å². The van der Waals surface area contributed by atoms with Crippen LogP contribution in [0.3, 0.4) is 0 Å². The molecule has 2 aliphatic carbocycles. The Hall–Kier alpha value is -2.86. The zero-order chi connectivity index (χ0) is 36.5. The van der Waals surface area contributed by atoms with Crippen molar-refractivity contribution in [2.45, 2.75) is 108 Å². The molecule has 2 aliphatic rings. The highest BCUT2D eigenvalue weighted by atomic mass is 14.3. The highest BCUT2D eigenvalue weighted by molar-refractivity contribution is 5.39. The van der Waals surface area contributed by atoms with Gasteiger partial charge in [-0.3, -0.25) is 0 Å². The number of rotatable bonds is 10. The van der Waals surface area contributed by atoms with E-state index in [1.807, 2.05) is 50.3 Å². The minimum atomic E-state index is -2.41. The smallest absolute Gasteiger partial charge is 0.0625 e. The molecule has 0 spiro atoms. The fourth-order valence-electron chi connectivity index (χ4n) is 5.50. The third-order valence-electron chi connectivity index (χ3n) is 7.92. The van der Waals surface area contributed by atoms with Crippen LogP contribution in [0.2, 0.25) is 0 Å². The van der Waals surface area contributed by atoms with Crippen LogP contribution in [0.5, 0.6) is 0 Å². The molecule has 0 fully saturated rings. The first-order valence-corrected chi connectivity index (χ1v) is 14.6. The van der Waals surface area contributed by atoms with E-state index in [-0.39, 0.29) is 34.1 Å².